The quantitative estimate of drug-likeness (QED) is 0.248. The minimum atomic E-state index is -1.50. The fraction of sp³-hybridized carbons (Fsp3) is 0. The molecule has 0 fully saturated rings. The molecule has 0 aliphatic heterocycles. The van der Waals surface area contributed by atoms with Gasteiger partial charge in [-0.15, -0.1) is 10.1 Å². The Morgan fingerprint density at radius 1 is 1.57 bits per heavy atom. The minimum Gasteiger partial charge on any atom is -0.344 e. The first kappa shape index (κ1) is 28.8. The summed E-state index contributed by atoms with van der Waals surface area (Å²) >= 11 is 0. The van der Waals surface area contributed by atoms with Gasteiger partial charge in [-0.05, 0) is 0 Å². The molecular formula is H7FMgN2O3. The van der Waals surface area contributed by atoms with E-state index in [0.29, 0.717) is 0 Å². The highest BCUT2D eigenvalue weighted by Crippen LogP contribution is 1.38. The zero-order valence-corrected chi connectivity index (χ0v) is 2.83. The van der Waals surface area contributed by atoms with Crippen LogP contribution in [0.5, 0.6) is 0 Å². The summed E-state index contributed by atoms with van der Waals surface area (Å²) in [5.74, 6) is 0. The largest absolute Gasteiger partial charge is 0.344 e. The van der Waals surface area contributed by atoms with Gasteiger partial charge in [0.1, 0.15) is 0 Å². The molecule has 0 aromatic rings. The van der Waals surface area contributed by atoms with E-state index in [1.165, 1.54) is 0 Å². The van der Waals surface area contributed by atoms with Crippen LogP contribution in [0.25, 0.3) is 0 Å². The van der Waals surface area contributed by atoms with Gasteiger partial charge in [-0.2, -0.15) is 0 Å². The van der Waals surface area contributed by atoms with Crippen molar-refractivity contribution in [3.63, 3.8) is 0 Å². The molecule has 0 aliphatic rings. The summed E-state index contributed by atoms with van der Waals surface area (Å²) in [5, 5.41) is 13.6. The van der Waals surface area contributed by atoms with E-state index in [9.17, 15) is 0 Å². The Balaban J connectivity index is -0.0000000150. The lowest BCUT2D eigenvalue weighted by molar-refractivity contribution is -0.742. The van der Waals surface area contributed by atoms with Gasteiger partial charge in [0.25, 0.3) is 5.09 Å². The van der Waals surface area contributed by atoms with Crippen LogP contribution in [-0.4, -0.2) is 33.3 Å². The van der Waals surface area contributed by atoms with Crippen molar-refractivity contribution in [3.8, 4) is 0 Å². The predicted molar refractivity (Wildman–Crippen MR) is 24.9 cm³/mol. The fourth-order valence-electron chi connectivity index (χ4n) is 0. The van der Waals surface area contributed by atoms with E-state index >= 15 is 0 Å². The molecule has 7 heteroatoms. The molecule has 5 nitrogen and oxygen atoms in total. The van der Waals surface area contributed by atoms with Gasteiger partial charge < -0.3 is 11.4 Å². The maximum absolute atomic E-state index is 8.36. The van der Waals surface area contributed by atoms with Crippen LogP contribution in [0, 0.1) is 10.1 Å². The lowest BCUT2D eigenvalue weighted by Gasteiger charge is -1.56. The van der Waals surface area contributed by atoms with Crippen LogP contribution < -0.4 is 6.15 Å². The molecular weight excluding hydrogens is 119 g/mol. The van der Waals surface area contributed by atoms with Gasteiger partial charge in [-0.1, -0.05) is 0 Å². The molecule has 0 heterocycles. The van der Waals surface area contributed by atoms with Crippen molar-refractivity contribution in [2.45, 2.75) is 0 Å². The van der Waals surface area contributed by atoms with Crippen LogP contribution >= 0.6 is 0 Å². The zero-order chi connectivity index (χ0) is 3.58. The van der Waals surface area contributed by atoms with Crippen molar-refractivity contribution in [2.24, 2.45) is 0 Å². The highest BCUT2D eigenvalue weighted by atomic mass is 24.3. The van der Waals surface area contributed by atoms with E-state index in [-0.39, 0.29) is 33.9 Å². The summed E-state index contributed by atoms with van der Waals surface area (Å²) in [4.78, 5) is 8.36. The van der Waals surface area contributed by atoms with Crippen LogP contribution in [-0.2, 0) is 0 Å². The Hall–Kier alpha value is -0.144. The van der Waals surface area contributed by atoms with E-state index in [1.807, 2.05) is 0 Å². The molecule has 7 heavy (non-hydrogen) atoms. The standard InChI is InChI=1S/FH.Mg.HNO3.H3N.2H/c;;2-1(3)4;;;/h1H;;(H,2,3,4);1H3;;. The third-order valence-corrected chi connectivity index (χ3v) is 0. The molecule has 0 spiro atoms. The molecule has 0 saturated carbocycles. The molecule has 0 atom stereocenters. The van der Waals surface area contributed by atoms with Crippen molar-refractivity contribution in [1.82, 2.24) is 6.15 Å². The second-order valence-corrected chi connectivity index (χ2v) is 0.238. The van der Waals surface area contributed by atoms with Crippen molar-refractivity contribution >= 4 is 23.1 Å². The van der Waals surface area contributed by atoms with Crippen LogP contribution in [0.1, 0.15) is 0 Å². The predicted octanol–water partition coefficient (Wildman–Crippen LogP) is -0.949. The highest BCUT2D eigenvalue weighted by Gasteiger charge is 1.65. The molecule has 0 rings (SSSR count). The molecule has 0 amide bonds. The minimum absolute atomic E-state index is 0. The van der Waals surface area contributed by atoms with Crippen LogP contribution in [0.3, 0.4) is 0 Å². The van der Waals surface area contributed by atoms with Crippen molar-refractivity contribution in [2.75, 3.05) is 0 Å². The lowest BCUT2D eigenvalue weighted by atomic mass is 13.1. The van der Waals surface area contributed by atoms with E-state index < -0.39 is 5.09 Å². The second kappa shape index (κ2) is 16.9. The third kappa shape index (κ3) is 4210. The first-order chi connectivity index (χ1) is 1.73. The molecule has 0 aromatic carbocycles. The third-order valence-electron chi connectivity index (χ3n) is 0. The summed E-state index contributed by atoms with van der Waals surface area (Å²) in [6.07, 6.45) is 0. The number of halogens is 1. The molecule has 0 aliphatic carbocycles. The average molecular weight is 126 g/mol. The van der Waals surface area contributed by atoms with Gasteiger partial charge in [0.05, 0.1) is 0 Å². The van der Waals surface area contributed by atoms with Crippen LogP contribution in [0.2, 0.25) is 0 Å². The normalized spacial score (nSPS) is 3.43. The number of hydrogen-bond acceptors (Lipinski definition) is 3. The maximum Gasteiger partial charge on any atom is 0.316 e. The first-order valence-electron chi connectivity index (χ1n) is 0.565. The van der Waals surface area contributed by atoms with E-state index in [0.717, 1.165) is 0 Å². The smallest absolute Gasteiger partial charge is 0.316 e. The van der Waals surface area contributed by atoms with Crippen molar-refractivity contribution < 1.29 is 15.0 Å². The summed E-state index contributed by atoms with van der Waals surface area (Å²) in [5.41, 5.74) is 0. The number of rotatable bonds is 0. The average Bonchev–Trinajstić information content (AvgIpc) is 0.811. The second-order valence-electron chi connectivity index (χ2n) is 0.238. The summed E-state index contributed by atoms with van der Waals surface area (Å²) in [6, 6.07) is 0. The Kier molecular flexibility index (Phi) is 69.7. The SMILES string of the molecule is F.N.O=[N+]([O-])O.[MgH2]. The first-order valence-corrected chi connectivity index (χ1v) is 0.565. The Morgan fingerprint density at radius 2 is 1.57 bits per heavy atom. The maximum atomic E-state index is 8.36. The summed E-state index contributed by atoms with van der Waals surface area (Å²) < 4.78 is 0. The van der Waals surface area contributed by atoms with E-state index in [2.05, 4.69) is 0 Å². The van der Waals surface area contributed by atoms with Gasteiger partial charge in [0.2, 0.25) is 0 Å². The molecule has 44 valence electrons. The van der Waals surface area contributed by atoms with Gasteiger partial charge in [-0.25, -0.2) is 0 Å². The topological polar surface area (TPSA) is 98.4 Å². The van der Waals surface area contributed by atoms with Gasteiger partial charge >= 0.3 is 23.1 Å². The van der Waals surface area contributed by atoms with Gasteiger partial charge in [-0.3, -0.25) is 4.70 Å². The van der Waals surface area contributed by atoms with Crippen molar-refractivity contribution in [1.29, 1.82) is 0 Å². The van der Waals surface area contributed by atoms with Crippen LogP contribution in [0.15, 0.2) is 0 Å². The van der Waals surface area contributed by atoms with Gasteiger partial charge in [0.15, 0.2) is 0 Å². The molecule has 0 radical (unpaired) electrons. The summed E-state index contributed by atoms with van der Waals surface area (Å²) in [7, 11) is 0. The Bertz CT molecular complexity index is 35.9. The lowest BCUT2D eigenvalue weighted by Crippen LogP contribution is -1.81. The molecule has 0 aromatic heterocycles. The fourth-order valence-corrected chi connectivity index (χ4v) is 0. The Labute approximate surface area is 54.9 Å². The Morgan fingerprint density at radius 3 is 1.57 bits per heavy atom. The molecule has 0 bridgehead atoms. The van der Waals surface area contributed by atoms with Gasteiger partial charge in [0, 0.05) is 0 Å². The molecule has 0 saturated heterocycles. The zero-order valence-electron chi connectivity index (χ0n) is 2.83. The van der Waals surface area contributed by atoms with Crippen LogP contribution in [0.4, 0.5) is 4.70 Å². The summed E-state index contributed by atoms with van der Waals surface area (Å²) in [6.45, 7) is 0. The monoisotopic (exact) mass is 126 g/mol. The van der Waals surface area contributed by atoms with E-state index in [4.69, 9.17) is 15.3 Å². The van der Waals surface area contributed by atoms with E-state index in [1.54, 1.807) is 0 Å². The molecule has 0 unspecified atom stereocenters. The number of nitrogens with zero attached hydrogens (tertiary/aromatic N) is 1. The van der Waals surface area contributed by atoms with Crippen molar-refractivity contribution in [3.05, 3.63) is 10.1 Å². The molecule has 4 N–H and O–H groups in total. The highest BCUT2D eigenvalue weighted by molar-refractivity contribution is 5.75. The number of hydrogen-bond donors (Lipinski definition) is 2.